The average Bonchev–Trinajstić information content (AvgIpc) is 2.36. The molecule has 8 heteroatoms. The van der Waals surface area contributed by atoms with E-state index in [1.54, 1.807) is 26.2 Å². The molecule has 0 bridgehead atoms. The Morgan fingerprint density at radius 2 is 1.86 bits per heavy atom. The van der Waals surface area contributed by atoms with E-state index in [1.165, 1.54) is 0 Å². The highest BCUT2D eigenvalue weighted by molar-refractivity contribution is 7.46. The Hall–Kier alpha value is -1.24. The summed E-state index contributed by atoms with van der Waals surface area (Å²) in [5, 5.41) is 2.77. The van der Waals surface area contributed by atoms with Gasteiger partial charge >= 0.3 is 7.82 Å². The van der Waals surface area contributed by atoms with Crippen LogP contribution in [0.25, 0.3) is 0 Å². The van der Waals surface area contributed by atoms with Gasteiger partial charge in [0.2, 0.25) is 0 Å². The van der Waals surface area contributed by atoms with Crippen molar-refractivity contribution >= 4 is 13.7 Å². The number of carbonyl (C=O) groups is 1. The lowest BCUT2D eigenvalue weighted by molar-refractivity contribution is -0.905. The van der Waals surface area contributed by atoms with Crippen molar-refractivity contribution in [2.75, 3.05) is 33.9 Å². The minimum atomic E-state index is -4.47. The second-order valence-electron chi connectivity index (χ2n) is 5.53. The molecule has 1 rings (SSSR count). The molecule has 3 N–H and O–H groups in total. The first kappa shape index (κ1) is 17.8. The highest BCUT2D eigenvalue weighted by Gasteiger charge is 2.22. The van der Waals surface area contributed by atoms with Crippen LogP contribution in [0.2, 0.25) is 0 Å². The first-order valence-corrected chi connectivity index (χ1v) is 7.99. The number of carbonyl (C=O) groups excluding carboxylic acids is 1. The Morgan fingerprint density at radius 3 is 2.38 bits per heavy atom. The minimum absolute atomic E-state index is 0.134. The predicted octanol–water partition coefficient (Wildman–Crippen LogP) is 0.868. The molecule has 0 radical (unpaired) electrons. The van der Waals surface area contributed by atoms with Crippen molar-refractivity contribution in [1.29, 1.82) is 0 Å². The van der Waals surface area contributed by atoms with E-state index in [0.29, 0.717) is 18.7 Å². The van der Waals surface area contributed by atoms with E-state index in [2.05, 4.69) is 9.84 Å². The quantitative estimate of drug-likeness (QED) is 0.394. The maximum atomic E-state index is 11.9. The second kappa shape index (κ2) is 7.15. The van der Waals surface area contributed by atoms with Gasteiger partial charge in [-0.1, -0.05) is 17.7 Å². The fraction of sp³-hybridized carbons (Fsp3) is 0.462. The topological polar surface area (TPSA) is 95.9 Å². The summed E-state index contributed by atoms with van der Waals surface area (Å²) in [6.45, 7) is 2.68. The fourth-order valence-electron chi connectivity index (χ4n) is 1.58. The van der Waals surface area contributed by atoms with E-state index < -0.39 is 7.82 Å². The van der Waals surface area contributed by atoms with Crippen LogP contribution in [0.1, 0.15) is 15.9 Å². The molecular weight excluding hydrogens is 295 g/mol. The number of likely N-dealkylation sites (N-methyl/N-ethyl adjacent to an activating group) is 1. The summed E-state index contributed by atoms with van der Waals surface area (Å²) in [4.78, 5) is 29.2. The normalized spacial score (nSPS) is 12.2. The predicted molar refractivity (Wildman–Crippen MR) is 78.5 cm³/mol. The molecule has 0 spiro atoms. The number of nitrogens with zero attached hydrogens (tertiary/aromatic N) is 1. The number of quaternary nitrogens is 1. The van der Waals surface area contributed by atoms with Crippen LogP contribution in [0.5, 0.6) is 0 Å². The van der Waals surface area contributed by atoms with Crippen LogP contribution in [-0.4, -0.2) is 54.1 Å². The van der Waals surface area contributed by atoms with Gasteiger partial charge in [-0.15, -0.1) is 0 Å². The van der Waals surface area contributed by atoms with Crippen LogP contribution in [0.4, 0.5) is 0 Å². The van der Waals surface area contributed by atoms with Crippen LogP contribution in [0.15, 0.2) is 24.3 Å². The minimum Gasteiger partial charge on any atom is -0.346 e. The van der Waals surface area contributed by atoms with Gasteiger partial charge in [0.1, 0.15) is 0 Å². The van der Waals surface area contributed by atoms with Gasteiger partial charge in [0, 0.05) is 5.56 Å². The Labute approximate surface area is 124 Å². The van der Waals surface area contributed by atoms with Gasteiger partial charge in [-0.25, -0.2) is 9.09 Å². The van der Waals surface area contributed by atoms with Crippen LogP contribution < -0.4 is 5.32 Å². The summed E-state index contributed by atoms with van der Waals surface area (Å²) in [6.07, 6.45) is 0. The fourth-order valence-corrected chi connectivity index (χ4v) is 2.04. The lowest BCUT2D eigenvalue weighted by Crippen LogP contribution is -2.46. The number of aryl methyl sites for hydroxylation is 1. The molecule has 1 aromatic carbocycles. The summed E-state index contributed by atoms with van der Waals surface area (Å²) in [5.74, 6) is -0.175. The third-order valence-electron chi connectivity index (χ3n) is 2.89. The molecule has 0 unspecified atom stereocenters. The third-order valence-corrected chi connectivity index (χ3v) is 3.34. The molecule has 0 saturated carbocycles. The molecule has 1 aromatic rings. The van der Waals surface area contributed by atoms with Gasteiger partial charge < -0.3 is 19.6 Å². The Kier molecular flexibility index (Phi) is 6.07. The summed E-state index contributed by atoms with van der Waals surface area (Å²) in [7, 11) is -0.954. The monoisotopic (exact) mass is 317 g/mol. The second-order valence-corrected chi connectivity index (χ2v) is 6.77. The van der Waals surface area contributed by atoms with Crippen molar-refractivity contribution in [2.45, 2.75) is 6.92 Å². The molecule has 1 amide bonds. The van der Waals surface area contributed by atoms with Crippen LogP contribution in [0.3, 0.4) is 0 Å². The first-order chi connectivity index (χ1) is 9.59. The number of phosphoric acid groups is 1. The van der Waals surface area contributed by atoms with Gasteiger partial charge in [-0.2, -0.15) is 0 Å². The van der Waals surface area contributed by atoms with Gasteiger partial charge in [0.05, 0.1) is 27.2 Å². The molecule has 0 heterocycles. The van der Waals surface area contributed by atoms with Crippen molar-refractivity contribution in [2.24, 2.45) is 0 Å². The first-order valence-electron chi connectivity index (χ1n) is 6.46. The van der Waals surface area contributed by atoms with E-state index in [9.17, 15) is 9.36 Å². The number of rotatable bonds is 7. The van der Waals surface area contributed by atoms with Crippen molar-refractivity contribution in [1.82, 2.24) is 5.32 Å². The SMILES string of the molecule is Cc1ccc(C(=O)NCC[N+](C)(C)COP(=O)(O)O)cc1. The van der Waals surface area contributed by atoms with Crippen molar-refractivity contribution in [3.63, 3.8) is 0 Å². The zero-order valence-electron chi connectivity index (χ0n) is 12.4. The van der Waals surface area contributed by atoms with Crippen molar-refractivity contribution in [3.8, 4) is 0 Å². The molecule has 118 valence electrons. The summed E-state index contributed by atoms with van der Waals surface area (Å²) >= 11 is 0. The van der Waals surface area contributed by atoms with Crippen LogP contribution >= 0.6 is 7.82 Å². The standard InChI is InChI=1S/C13H21N2O5P/c1-11-4-6-12(7-5-11)13(16)14-8-9-15(2,3)10-20-21(17,18)19/h4-7H,8-10H2,1-3H3,(H2-,14,16,17,18,19)/p+1. The average molecular weight is 317 g/mol. The number of nitrogens with one attached hydrogen (secondary N) is 1. The Balaban J connectivity index is 2.40. The van der Waals surface area contributed by atoms with Crippen LogP contribution in [0, 0.1) is 6.92 Å². The maximum Gasteiger partial charge on any atom is 0.474 e. The number of hydrogen-bond donors (Lipinski definition) is 3. The van der Waals surface area contributed by atoms with Crippen LogP contribution in [-0.2, 0) is 9.09 Å². The van der Waals surface area contributed by atoms with Gasteiger partial charge in [0.25, 0.3) is 5.91 Å². The maximum absolute atomic E-state index is 11.9. The summed E-state index contributed by atoms with van der Waals surface area (Å²) < 4.78 is 15.4. The lowest BCUT2D eigenvalue weighted by Gasteiger charge is -2.29. The molecule has 0 saturated heterocycles. The van der Waals surface area contributed by atoms with E-state index >= 15 is 0 Å². The van der Waals surface area contributed by atoms with Crippen molar-refractivity contribution < 1.29 is 28.2 Å². The molecule has 7 nitrogen and oxygen atoms in total. The lowest BCUT2D eigenvalue weighted by atomic mass is 10.1. The molecule has 0 aliphatic carbocycles. The van der Waals surface area contributed by atoms with E-state index in [-0.39, 0.29) is 17.1 Å². The summed E-state index contributed by atoms with van der Waals surface area (Å²) in [5.41, 5.74) is 1.66. The number of benzene rings is 1. The van der Waals surface area contributed by atoms with Gasteiger partial charge in [-0.05, 0) is 19.1 Å². The van der Waals surface area contributed by atoms with Gasteiger partial charge in [-0.3, -0.25) is 4.79 Å². The number of phosphoric ester groups is 1. The van der Waals surface area contributed by atoms with Gasteiger partial charge in [0.15, 0.2) is 6.73 Å². The molecule has 0 aromatic heterocycles. The highest BCUT2D eigenvalue weighted by atomic mass is 31.2. The van der Waals surface area contributed by atoms with Crippen molar-refractivity contribution in [3.05, 3.63) is 35.4 Å². The summed E-state index contributed by atoms with van der Waals surface area (Å²) in [6, 6.07) is 7.23. The van der Waals surface area contributed by atoms with E-state index in [0.717, 1.165) is 5.56 Å². The third kappa shape index (κ3) is 7.36. The largest absolute Gasteiger partial charge is 0.474 e. The molecule has 21 heavy (non-hydrogen) atoms. The molecular formula is C13H22N2O5P+. The number of amides is 1. The van der Waals surface area contributed by atoms with E-state index in [4.69, 9.17) is 9.79 Å². The zero-order chi connectivity index (χ0) is 16.1. The molecule has 0 aliphatic rings. The molecule has 0 atom stereocenters. The molecule has 0 aliphatic heterocycles. The Morgan fingerprint density at radius 1 is 1.29 bits per heavy atom. The smallest absolute Gasteiger partial charge is 0.346 e. The Bertz CT molecular complexity index is 524. The highest BCUT2D eigenvalue weighted by Crippen LogP contribution is 2.36. The zero-order valence-corrected chi connectivity index (χ0v) is 13.3. The molecule has 0 fully saturated rings. The van der Waals surface area contributed by atoms with E-state index in [1.807, 2.05) is 19.1 Å². The number of hydrogen-bond acceptors (Lipinski definition) is 3.